The lowest BCUT2D eigenvalue weighted by atomic mass is 10.1. The number of hydrogen-bond acceptors (Lipinski definition) is 3. The van der Waals surface area contributed by atoms with E-state index in [4.69, 9.17) is 0 Å². The smallest absolute Gasteiger partial charge is 0.195 e. The number of nitrogens with zero attached hydrogens (tertiary/aromatic N) is 3. The zero-order chi connectivity index (χ0) is 15.5. The number of benzene rings is 2. The molecule has 0 aliphatic rings. The van der Waals surface area contributed by atoms with Crippen molar-refractivity contribution in [1.29, 1.82) is 0 Å². The number of thioether (sulfide) groups is 1. The first-order valence-corrected chi connectivity index (χ1v) is 8.29. The molecule has 0 unspecified atom stereocenters. The molecule has 0 bridgehead atoms. The van der Waals surface area contributed by atoms with Gasteiger partial charge in [0.05, 0.1) is 5.69 Å². The third-order valence-electron chi connectivity index (χ3n) is 3.97. The predicted octanol–water partition coefficient (Wildman–Crippen LogP) is 4.48. The molecule has 0 amide bonds. The minimum absolute atomic E-state index is 0.899. The highest BCUT2D eigenvalue weighted by molar-refractivity contribution is 7.98. The molecule has 3 nitrogen and oxygen atoms in total. The van der Waals surface area contributed by atoms with Gasteiger partial charge in [-0.25, -0.2) is 0 Å². The van der Waals surface area contributed by atoms with Crippen LogP contribution in [0.1, 0.15) is 22.3 Å². The summed E-state index contributed by atoms with van der Waals surface area (Å²) < 4.78 is 2.07. The largest absolute Gasteiger partial charge is 0.276 e. The van der Waals surface area contributed by atoms with Gasteiger partial charge in [-0.15, -0.1) is 10.2 Å². The highest BCUT2D eigenvalue weighted by atomic mass is 32.2. The second-order valence-electron chi connectivity index (χ2n) is 5.42. The summed E-state index contributed by atoms with van der Waals surface area (Å²) in [6.45, 7) is 6.41. The lowest BCUT2D eigenvalue weighted by Gasteiger charge is -2.11. The van der Waals surface area contributed by atoms with Gasteiger partial charge in [0, 0.05) is 5.75 Å². The number of aromatic nitrogens is 3. The van der Waals surface area contributed by atoms with Crippen LogP contribution in [-0.2, 0) is 5.75 Å². The Kier molecular flexibility index (Phi) is 4.29. The van der Waals surface area contributed by atoms with Crippen molar-refractivity contribution in [2.24, 2.45) is 0 Å². The molecule has 0 radical (unpaired) electrons. The quantitative estimate of drug-likeness (QED) is 0.666. The second-order valence-corrected chi connectivity index (χ2v) is 6.36. The molecule has 3 rings (SSSR count). The number of hydrogen-bond donors (Lipinski definition) is 0. The third kappa shape index (κ3) is 2.92. The monoisotopic (exact) mass is 309 g/mol. The molecule has 0 aliphatic carbocycles. The van der Waals surface area contributed by atoms with E-state index in [0.29, 0.717) is 0 Å². The maximum atomic E-state index is 4.28. The van der Waals surface area contributed by atoms with Gasteiger partial charge in [0.15, 0.2) is 5.16 Å². The van der Waals surface area contributed by atoms with E-state index in [1.54, 1.807) is 18.1 Å². The van der Waals surface area contributed by atoms with Crippen molar-refractivity contribution in [2.75, 3.05) is 0 Å². The van der Waals surface area contributed by atoms with E-state index in [-0.39, 0.29) is 0 Å². The minimum Gasteiger partial charge on any atom is -0.276 e. The van der Waals surface area contributed by atoms with Crippen molar-refractivity contribution < 1.29 is 0 Å². The van der Waals surface area contributed by atoms with Gasteiger partial charge in [-0.1, -0.05) is 48.2 Å². The zero-order valence-electron chi connectivity index (χ0n) is 13.1. The topological polar surface area (TPSA) is 30.7 Å². The van der Waals surface area contributed by atoms with Crippen LogP contribution in [-0.4, -0.2) is 14.8 Å². The van der Waals surface area contributed by atoms with Crippen LogP contribution in [0.15, 0.2) is 53.9 Å². The third-order valence-corrected chi connectivity index (χ3v) is 4.96. The summed E-state index contributed by atoms with van der Waals surface area (Å²) in [4.78, 5) is 0. The normalized spacial score (nSPS) is 10.9. The molecule has 112 valence electrons. The summed E-state index contributed by atoms with van der Waals surface area (Å²) in [6, 6.07) is 14.8. The molecule has 2 aromatic carbocycles. The van der Waals surface area contributed by atoms with E-state index in [9.17, 15) is 0 Å². The maximum absolute atomic E-state index is 4.28. The van der Waals surface area contributed by atoms with Crippen LogP contribution in [0.4, 0.5) is 0 Å². The van der Waals surface area contributed by atoms with Gasteiger partial charge in [-0.05, 0) is 49.1 Å². The first-order valence-electron chi connectivity index (χ1n) is 7.30. The fourth-order valence-electron chi connectivity index (χ4n) is 2.40. The van der Waals surface area contributed by atoms with E-state index < -0.39 is 0 Å². The predicted molar refractivity (Wildman–Crippen MR) is 91.6 cm³/mol. The first-order chi connectivity index (χ1) is 10.7. The summed E-state index contributed by atoms with van der Waals surface area (Å²) in [5.74, 6) is 0.899. The standard InChI is InChI=1S/C18H19N3S/c1-13-8-6-10-17(15(13)3)21-12-19-20-18(21)22-11-16-9-5-4-7-14(16)2/h4-10,12H,11H2,1-3H3. The van der Waals surface area contributed by atoms with E-state index in [0.717, 1.165) is 16.6 Å². The summed E-state index contributed by atoms with van der Waals surface area (Å²) in [6.07, 6.45) is 1.79. The van der Waals surface area contributed by atoms with Gasteiger partial charge >= 0.3 is 0 Å². The van der Waals surface area contributed by atoms with Crippen molar-refractivity contribution in [3.05, 3.63) is 71.0 Å². The average molecular weight is 309 g/mol. The Morgan fingerprint density at radius 3 is 2.55 bits per heavy atom. The molecule has 22 heavy (non-hydrogen) atoms. The van der Waals surface area contributed by atoms with Crippen molar-refractivity contribution in [2.45, 2.75) is 31.7 Å². The summed E-state index contributed by atoms with van der Waals surface area (Å²) in [5, 5.41) is 9.31. The van der Waals surface area contributed by atoms with E-state index in [1.165, 1.54) is 22.3 Å². The Labute approximate surface area is 135 Å². The SMILES string of the molecule is Cc1ccccc1CSc1nncn1-c1cccc(C)c1C. The average Bonchev–Trinajstić information content (AvgIpc) is 2.97. The van der Waals surface area contributed by atoms with E-state index >= 15 is 0 Å². The van der Waals surface area contributed by atoms with Gasteiger partial charge in [0.2, 0.25) is 0 Å². The van der Waals surface area contributed by atoms with Gasteiger partial charge < -0.3 is 0 Å². The van der Waals surface area contributed by atoms with Gasteiger partial charge in [0.1, 0.15) is 6.33 Å². The van der Waals surface area contributed by atoms with E-state index in [2.05, 4.69) is 78.0 Å². The lowest BCUT2D eigenvalue weighted by molar-refractivity contribution is 0.876. The fourth-order valence-corrected chi connectivity index (χ4v) is 3.40. The van der Waals surface area contributed by atoms with Crippen LogP contribution >= 0.6 is 11.8 Å². The molecule has 1 heterocycles. The molecule has 3 aromatic rings. The molecule has 4 heteroatoms. The lowest BCUT2D eigenvalue weighted by Crippen LogP contribution is -1.99. The molecule has 0 saturated carbocycles. The molecule has 0 fully saturated rings. The van der Waals surface area contributed by atoms with Crippen molar-refractivity contribution >= 4 is 11.8 Å². The fraction of sp³-hybridized carbons (Fsp3) is 0.222. The van der Waals surface area contributed by atoms with Crippen LogP contribution in [0, 0.1) is 20.8 Å². The summed E-state index contributed by atoms with van der Waals surface area (Å²) in [7, 11) is 0. The first kappa shape index (κ1) is 14.9. The van der Waals surface area contributed by atoms with Crippen LogP contribution in [0.25, 0.3) is 5.69 Å². The second kappa shape index (κ2) is 6.36. The Hall–Kier alpha value is -2.07. The van der Waals surface area contributed by atoms with Crippen molar-refractivity contribution in [3.8, 4) is 5.69 Å². The Morgan fingerprint density at radius 1 is 0.955 bits per heavy atom. The Morgan fingerprint density at radius 2 is 1.73 bits per heavy atom. The minimum atomic E-state index is 0.899. The van der Waals surface area contributed by atoms with Crippen molar-refractivity contribution in [3.63, 3.8) is 0 Å². The van der Waals surface area contributed by atoms with Crippen LogP contribution < -0.4 is 0 Å². The molecule has 0 N–H and O–H groups in total. The molecule has 0 spiro atoms. The molecule has 0 saturated heterocycles. The Bertz CT molecular complexity index is 793. The molecule has 0 atom stereocenters. The molecule has 1 aromatic heterocycles. The number of aryl methyl sites for hydroxylation is 2. The van der Waals surface area contributed by atoms with E-state index in [1.807, 2.05) is 0 Å². The van der Waals surface area contributed by atoms with Crippen molar-refractivity contribution in [1.82, 2.24) is 14.8 Å². The molecule has 0 aliphatic heterocycles. The molecular weight excluding hydrogens is 290 g/mol. The van der Waals surface area contributed by atoms with Crippen LogP contribution in [0.5, 0.6) is 0 Å². The number of rotatable bonds is 4. The maximum Gasteiger partial charge on any atom is 0.195 e. The van der Waals surface area contributed by atoms with Gasteiger partial charge in [0.25, 0.3) is 0 Å². The highest BCUT2D eigenvalue weighted by Crippen LogP contribution is 2.26. The summed E-state index contributed by atoms with van der Waals surface area (Å²) in [5.41, 5.74) is 6.34. The Balaban J connectivity index is 1.87. The van der Waals surface area contributed by atoms with Crippen LogP contribution in [0.2, 0.25) is 0 Å². The zero-order valence-corrected chi connectivity index (χ0v) is 13.9. The highest BCUT2D eigenvalue weighted by Gasteiger charge is 2.10. The van der Waals surface area contributed by atoms with Gasteiger partial charge in [-0.2, -0.15) is 0 Å². The summed E-state index contributed by atoms with van der Waals surface area (Å²) >= 11 is 1.72. The van der Waals surface area contributed by atoms with Crippen LogP contribution in [0.3, 0.4) is 0 Å². The molecular formula is C18H19N3S. The van der Waals surface area contributed by atoms with Gasteiger partial charge in [-0.3, -0.25) is 4.57 Å².